The summed E-state index contributed by atoms with van der Waals surface area (Å²) in [6.45, 7) is 4.68. The SMILES string of the molecule is CC(C)C1C2CCC1c1c([NH-])cccc12.Cn1ccc(C(F)F)n1. The summed E-state index contributed by atoms with van der Waals surface area (Å²) >= 11 is 0. The van der Waals surface area contributed by atoms with E-state index in [-0.39, 0.29) is 5.69 Å². The van der Waals surface area contributed by atoms with Crippen LogP contribution in [-0.4, -0.2) is 9.78 Å². The second kappa shape index (κ2) is 6.54. The third kappa shape index (κ3) is 2.92. The van der Waals surface area contributed by atoms with Crippen LogP contribution in [0.4, 0.5) is 14.5 Å². The van der Waals surface area contributed by atoms with E-state index in [2.05, 4.69) is 31.1 Å². The second-order valence-corrected chi connectivity index (χ2v) is 7.14. The van der Waals surface area contributed by atoms with Crippen molar-refractivity contribution in [2.24, 2.45) is 18.9 Å². The first-order valence-electron chi connectivity index (χ1n) is 8.52. The zero-order valence-corrected chi connectivity index (χ0v) is 14.3. The average molecular weight is 332 g/mol. The molecule has 2 bridgehead atoms. The van der Waals surface area contributed by atoms with E-state index in [1.54, 1.807) is 7.05 Å². The van der Waals surface area contributed by atoms with Gasteiger partial charge >= 0.3 is 0 Å². The summed E-state index contributed by atoms with van der Waals surface area (Å²) < 4.78 is 24.8. The van der Waals surface area contributed by atoms with Crippen molar-refractivity contribution in [2.45, 2.75) is 45.0 Å². The lowest BCUT2D eigenvalue weighted by atomic mass is 9.85. The van der Waals surface area contributed by atoms with Crippen LogP contribution in [0.2, 0.25) is 0 Å². The van der Waals surface area contributed by atoms with E-state index in [4.69, 9.17) is 5.73 Å². The number of aromatic nitrogens is 2. The Kier molecular flexibility index (Phi) is 4.61. The van der Waals surface area contributed by atoms with Gasteiger partial charge in [0.15, 0.2) is 0 Å². The Morgan fingerprint density at radius 2 is 1.88 bits per heavy atom. The summed E-state index contributed by atoms with van der Waals surface area (Å²) in [6, 6.07) is 7.56. The van der Waals surface area contributed by atoms with Crippen molar-refractivity contribution in [3.8, 4) is 0 Å². The van der Waals surface area contributed by atoms with E-state index in [1.807, 2.05) is 6.07 Å². The molecule has 2 aliphatic carbocycles. The van der Waals surface area contributed by atoms with Gasteiger partial charge in [-0.15, -0.1) is 5.69 Å². The van der Waals surface area contributed by atoms with Crippen molar-refractivity contribution in [1.29, 1.82) is 0 Å². The molecule has 3 nitrogen and oxygen atoms in total. The number of alkyl halides is 2. The lowest BCUT2D eigenvalue weighted by Gasteiger charge is -2.22. The molecule has 1 heterocycles. The lowest BCUT2D eigenvalue weighted by Crippen LogP contribution is -2.11. The van der Waals surface area contributed by atoms with Crippen molar-refractivity contribution in [2.75, 3.05) is 0 Å². The molecular formula is C19H24F2N3-. The first-order chi connectivity index (χ1) is 11.4. The van der Waals surface area contributed by atoms with Crippen molar-refractivity contribution < 1.29 is 8.78 Å². The summed E-state index contributed by atoms with van der Waals surface area (Å²) in [6.07, 6.45) is 1.70. The summed E-state index contributed by atoms with van der Waals surface area (Å²) in [5, 5.41) is 3.48. The Morgan fingerprint density at radius 3 is 2.38 bits per heavy atom. The first-order valence-corrected chi connectivity index (χ1v) is 8.52. The molecule has 0 amide bonds. The molecule has 24 heavy (non-hydrogen) atoms. The lowest BCUT2D eigenvalue weighted by molar-refractivity contribution is 0.145. The van der Waals surface area contributed by atoms with Crippen LogP contribution in [0.5, 0.6) is 0 Å². The van der Waals surface area contributed by atoms with Crippen molar-refractivity contribution in [1.82, 2.24) is 9.78 Å². The van der Waals surface area contributed by atoms with Crippen LogP contribution < -0.4 is 0 Å². The van der Waals surface area contributed by atoms with Crippen LogP contribution in [0, 0.1) is 11.8 Å². The molecule has 0 saturated heterocycles. The van der Waals surface area contributed by atoms with Gasteiger partial charge in [-0.3, -0.25) is 4.68 Å². The zero-order valence-electron chi connectivity index (χ0n) is 14.3. The van der Waals surface area contributed by atoms with Gasteiger partial charge in [-0.2, -0.15) is 5.10 Å². The van der Waals surface area contributed by atoms with Gasteiger partial charge in [0.05, 0.1) is 0 Å². The number of nitrogens with one attached hydrogen (secondary N) is 1. The Morgan fingerprint density at radius 1 is 1.17 bits per heavy atom. The molecule has 5 heteroatoms. The van der Waals surface area contributed by atoms with E-state index >= 15 is 0 Å². The van der Waals surface area contributed by atoms with Crippen LogP contribution in [0.1, 0.15) is 61.8 Å². The first kappa shape index (κ1) is 16.9. The molecular weight excluding hydrogens is 308 g/mol. The van der Waals surface area contributed by atoms with Gasteiger partial charge in [-0.25, -0.2) is 8.78 Å². The van der Waals surface area contributed by atoms with Gasteiger partial charge in [-0.1, -0.05) is 37.6 Å². The van der Waals surface area contributed by atoms with Crippen molar-refractivity contribution in [3.05, 3.63) is 53.0 Å². The van der Waals surface area contributed by atoms with Gasteiger partial charge < -0.3 is 5.73 Å². The van der Waals surface area contributed by atoms with Crippen LogP contribution in [-0.2, 0) is 7.05 Å². The van der Waals surface area contributed by atoms with Gasteiger partial charge in [0.25, 0.3) is 6.43 Å². The largest absolute Gasteiger partial charge is 0.698 e. The predicted octanol–water partition coefficient (Wildman–Crippen LogP) is 5.97. The minimum atomic E-state index is -2.45. The molecule has 1 aromatic heterocycles. The molecule has 0 spiro atoms. The van der Waals surface area contributed by atoms with E-state index < -0.39 is 6.43 Å². The fraction of sp³-hybridized carbons (Fsp3) is 0.526. The average Bonchev–Trinajstić information content (AvgIpc) is 3.21. The normalized spacial score (nSPS) is 24.2. The van der Waals surface area contributed by atoms with Crippen LogP contribution >= 0.6 is 0 Å². The van der Waals surface area contributed by atoms with Gasteiger partial charge in [-0.05, 0) is 48.1 Å². The zero-order chi connectivity index (χ0) is 17.4. The van der Waals surface area contributed by atoms with E-state index in [9.17, 15) is 8.78 Å². The fourth-order valence-electron chi connectivity index (χ4n) is 4.52. The number of halogens is 2. The maximum atomic E-state index is 11.7. The molecule has 0 radical (unpaired) electrons. The minimum Gasteiger partial charge on any atom is -0.698 e. The van der Waals surface area contributed by atoms with E-state index in [0.29, 0.717) is 5.92 Å². The highest BCUT2D eigenvalue weighted by Gasteiger charge is 2.46. The number of rotatable bonds is 2. The topological polar surface area (TPSA) is 41.6 Å². The van der Waals surface area contributed by atoms with E-state index in [1.165, 1.54) is 40.9 Å². The molecule has 1 N–H and O–H groups in total. The smallest absolute Gasteiger partial charge is 0.282 e. The highest BCUT2D eigenvalue weighted by molar-refractivity contribution is 5.61. The Hall–Kier alpha value is -1.91. The number of hydrogen-bond acceptors (Lipinski definition) is 1. The third-order valence-corrected chi connectivity index (χ3v) is 5.36. The molecule has 3 unspecified atom stereocenters. The summed E-state index contributed by atoms with van der Waals surface area (Å²) in [4.78, 5) is 0. The molecule has 3 atom stereocenters. The summed E-state index contributed by atoms with van der Waals surface area (Å²) in [7, 11) is 1.60. The Balaban J connectivity index is 0.000000162. The number of fused-ring (bicyclic) bond motifs is 5. The molecule has 130 valence electrons. The quantitative estimate of drug-likeness (QED) is 0.667. The molecule has 1 aromatic carbocycles. The number of benzene rings is 1. The molecule has 0 aliphatic heterocycles. The van der Waals surface area contributed by atoms with E-state index in [0.717, 1.165) is 23.4 Å². The summed E-state index contributed by atoms with van der Waals surface area (Å²) in [5.41, 5.74) is 11.5. The van der Waals surface area contributed by atoms with Crippen LogP contribution in [0.15, 0.2) is 30.5 Å². The molecule has 2 aliphatic rings. The van der Waals surface area contributed by atoms with Gasteiger partial charge in [0.2, 0.25) is 0 Å². The van der Waals surface area contributed by atoms with Crippen LogP contribution in [0.3, 0.4) is 0 Å². The Labute approximate surface area is 141 Å². The predicted molar refractivity (Wildman–Crippen MR) is 91.6 cm³/mol. The molecule has 2 aromatic rings. The highest BCUT2D eigenvalue weighted by Crippen LogP contribution is 2.61. The van der Waals surface area contributed by atoms with Crippen LogP contribution in [0.25, 0.3) is 5.73 Å². The minimum absolute atomic E-state index is 0.169. The van der Waals surface area contributed by atoms with Gasteiger partial charge in [0, 0.05) is 13.2 Å². The highest BCUT2D eigenvalue weighted by atomic mass is 19.3. The van der Waals surface area contributed by atoms with Gasteiger partial charge in [0.1, 0.15) is 5.69 Å². The summed E-state index contributed by atoms with van der Waals surface area (Å²) in [5.74, 6) is 3.02. The maximum Gasteiger partial charge on any atom is 0.282 e. The van der Waals surface area contributed by atoms with Crippen molar-refractivity contribution >= 4 is 5.69 Å². The molecule has 1 fully saturated rings. The molecule has 4 rings (SSSR count). The monoisotopic (exact) mass is 332 g/mol. The standard InChI is InChI=1S/C14H18N.C5H6F2N2/c1-8(2)13-10-6-7-11(13)14-9(10)4-3-5-12(14)15;1-9-3-2-4(8-9)5(6)7/h3-5,8,10-11,13,15H,6-7H2,1-2H3;2-3,5H,1H3/q-1;. The number of aryl methyl sites for hydroxylation is 1. The third-order valence-electron chi connectivity index (χ3n) is 5.36. The fourth-order valence-corrected chi connectivity index (χ4v) is 4.52. The second-order valence-electron chi connectivity index (χ2n) is 7.14. The number of nitrogens with zero attached hydrogens (tertiary/aromatic N) is 2. The maximum absolute atomic E-state index is 11.7. The van der Waals surface area contributed by atoms with Crippen molar-refractivity contribution in [3.63, 3.8) is 0 Å². The number of hydrogen-bond donors (Lipinski definition) is 0. The molecule has 1 saturated carbocycles. The Bertz CT molecular complexity index is 708.